The molecule has 1 fully saturated rings. The van der Waals surface area contributed by atoms with Crippen LogP contribution in [0.1, 0.15) is 34.5 Å². The summed E-state index contributed by atoms with van der Waals surface area (Å²) in [5.41, 5.74) is 4.71. The number of carbonyl (C=O) groups is 1. The number of nitrogens with zero attached hydrogens (tertiary/aromatic N) is 1. The summed E-state index contributed by atoms with van der Waals surface area (Å²) < 4.78 is 57.8. The Morgan fingerprint density at radius 3 is 2.61 bits per heavy atom. The van der Waals surface area contributed by atoms with Gasteiger partial charge in [0.25, 0.3) is 0 Å². The van der Waals surface area contributed by atoms with E-state index in [0.29, 0.717) is 0 Å². The van der Waals surface area contributed by atoms with Crippen molar-refractivity contribution in [2.75, 3.05) is 0 Å². The fraction of sp³-hybridized carbons (Fsp3) is 0.368. The molecule has 1 aliphatic rings. The third-order valence-electron chi connectivity index (χ3n) is 4.55. The van der Waals surface area contributed by atoms with Gasteiger partial charge >= 0.3 is 6.18 Å². The summed E-state index contributed by atoms with van der Waals surface area (Å²) in [4.78, 5) is 16.0. The normalized spacial score (nSPS) is 22.3. The fourth-order valence-corrected chi connectivity index (χ4v) is 3.12. The van der Waals surface area contributed by atoms with Gasteiger partial charge in [-0.3, -0.25) is 4.79 Å². The van der Waals surface area contributed by atoms with Gasteiger partial charge in [-0.15, -0.1) is 0 Å². The van der Waals surface area contributed by atoms with Gasteiger partial charge in [-0.05, 0) is 36.6 Å². The molecular weight excluding hydrogens is 380 g/mol. The van der Waals surface area contributed by atoms with Gasteiger partial charge in [0.1, 0.15) is 17.6 Å². The topological polar surface area (TPSA) is 85.4 Å². The van der Waals surface area contributed by atoms with Crippen LogP contribution in [0.5, 0.6) is 11.6 Å². The maximum atomic E-state index is 13.5. The van der Waals surface area contributed by atoms with Crippen LogP contribution in [0.15, 0.2) is 36.4 Å². The first-order valence-electron chi connectivity index (χ1n) is 8.60. The molecule has 0 saturated heterocycles. The largest absolute Gasteiger partial charge is 0.439 e. The first-order chi connectivity index (χ1) is 13.2. The van der Waals surface area contributed by atoms with E-state index >= 15 is 0 Å². The van der Waals surface area contributed by atoms with Gasteiger partial charge in [-0.1, -0.05) is 12.1 Å². The van der Waals surface area contributed by atoms with Crippen molar-refractivity contribution in [3.05, 3.63) is 53.2 Å². The molecule has 3 N–H and O–H groups in total. The molecule has 9 heteroatoms. The standard InChI is InChI=1S/C19H18F4N2O3/c20-14-7-12(8-15(14)26)18(27)11-2-1-3-13(6-11)28-17-5-10(9-24)4-16(25-17)19(21,22)23/h1-6,12,14-15,26H,7-9,24H2/t12?,14-,15-/m1/s1. The van der Waals surface area contributed by atoms with Crippen LogP contribution in [0.25, 0.3) is 0 Å². The molecule has 28 heavy (non-hydrogen) atoms. The van der Waals surface area contributed by atoms with Crippen LogP contribution < -0.4 is 10.5 Å². The molecule has 3 atom stereocenters. The van der Waals surface area contributed by atoms with E-state index in [1.807, 2.05) is 0 Å². The Bertz CT molecular complexity index is 862. The minimum atomic E-state index is -4.66. The van der Waals surface area contributed by atoms with Crippen LogP contribution in [0.2, 0.25) is 0 Å². The number of rotatable bonds is 5. The van der Waals surface area contributed by atoms with Crippen LogP contribution in [-0.2, 0) is 12.7 Å². The molecule has 1 heterocycles. The van der Waals surface area contributed by atoms with E-state index in [2.05, 4.69) is 4.98 Å². The van der Waals surface area contributed by atoms with Crippen molar-refractivity contribution in [3.8, 4) is 11.6 Å². The summed E-state index contributed by atoms with van der Waals surface area (Å²) in [5.74, 6) is -1.21. The number of carbonyl (C=O) groups excluding carboxylic acids is 1. The first-order valence-corrected chi connectivity index (χ1v) is 8.60. The molecule has 0 bridgehead atoms. The van der Waals surface area contributed by atoms with E-state index in [9.17, 15) is 27.5 Å². The molecule has 5 nitrogen and oxygen atoms in total. The van der Waals surface area contributed by atoms with Crippen molar-refractivity contribution in [1.29, 1.82) is 0 Å². The summed E-state index contributed by atoms with van der Waals surface area (Å²) in [6, 6.07) is 7.93. The van der Waals surface area contributed by atoms with E-state index < -0.39 is 30.1 Å². The molecule has 150 valence electrons. The maximum Gasteiger partial charge on any atom is 0.433 e. The van der Waals surface area contributed by atoms with E-state index in [4.69, 9.17) is 10.5 Å². The molecule has 1 aliphatic carbocycles. The third kappa shape index (κ3) is 4.48. The zero-order chi connectivity index (χ0) is 20.5. The maximum absolute atomic E-state index is 13.5. The second kappa shape index (κ2) is 7.84. The fourth-order valence-electron chi connectivity index (χ4n) is 3.12. The quantitative estimate of drug-likeness (QED) is 0.593. The number of aromatic nitrogens is 1. The van der Waals surface area contributed by atoms with Crippen LogP contribution in [0.4, 0.5) is 17.6 Å². The highest BCUT2D eigenvalue weighted by Crippen LogP contribution is 2.33. The average Bonchev–Trinajstić information content (AvgIpc) is 2.99. The number of alkyl halides is 4. The van der Waals surface area contributed by atoms with Gasteiger partial charge in [0.15, 0.2) is 5.78 Å². The summed E-state index contributed by atoms with van der Waals surface area (Å²) in [5, 5.41) is 9.49. The SMILES string of the molecule is NCc1cc(Oc2cccc(C(=O)C3C[C@@H](O)[C@H](F)C3)c2)nc(C(F)(F)F)c1. The Hall–Kier alpha value is -2.52. The Morgan fingerprint density at radius 2 is 2.00 bits per heavy atom. The van der Waals surface area contributed by atoms with Crippen LogP contribution in [-0.4, -0.2) is 28.1 Å². The van der Waals surface area contributed by atoms with Crippen molar-refractivity contribution in [2.45, 2.75) is 37.8 Å². The summed E-state index contributed by atoms with van der Waals surface area (Å²) in [6.07, 6.45) is -7.32. The third-order valence-corrected chi connectivity index (χ3v) is 4.55. The number of nitrogens with two attached hydrogens (primary N) is 1. The second-order valence-corrected chi connectivity index (χ2v) is 6.65. The van der Waals surface area contributed by atoms with Gasteiger partial charge in [-0.2, -0.15) is 13.2 Å². The summed E-state index contributed by atoms with van der Waals surface area (Å²) in [6.45, 7) is -0.130. The molecule has 1 unspecified atom stereocenters. The Balaban J connectivity index is 1.83. The lowest BCUT2D eigenvalue weighted by molar-refractivity contribution is -0.141. The smallest absolute Gasteiger partial charge is 0.433 e. The average molecular weight is 398 g/mol. The lowest BCUT2D eigenvalue weighted by Gasteiger charge is -2.12. The lowest BCUT2D eigenvalue weighted by atomic mass is 9.96. The number of ketones is 1. The number of aliphatic hydroxyl groups is 1. The Morgan fingerprint density at radius 1 is 1.25 bits per heavy atom. The zero-order valence-electron chi connectivity index (χ0n) is 14.6. The highest BCUT2D eigenvalue weighted by Gasteiger charge is 2.37. The minimum Gasteiger partial charge on any atom is -0.439 e. The van der Waals surface area contributed by atoms with Crippen LogP contribution in [0.3, 0.4) is 0 Å². The zero-order valence-corrected chi connectivity index (χ0v) is 14.6. The van der Waals surface area contributed by atoms with Gasteiger partial charge in [0.05, 0.1) is 6.10 Å². The number of benzene rings is 1. The van der Waals surface area contributed by atoms with Crippen molar-refractivity contribution < 1.29 is 32.2 Å². The van der Waals surface area contributed by atoms with E-state index in [-0.39, 0.29) is 47.9 Å². The van der Waals surface area contributed by atoms with Crippen molar-refractivity contribution in [2.24, 2.45) is 11.7 Å². The predicted octanol–water partition coefficient (Wildman–Crippen LogP) is 3.64. The monoisotopic (exact) mass is 398 g/mol. The van der Waals surface area contributed by atoms with E-state index in [1.54, 1.807) is 0 Å². The summed E-state index contributed by atoms with van der Waals surface area (Å²) >= 11 is 0. The molecule has 1 saturated carbocycles. The minimum absolute atomic E-state index is 0.0279. The molecule has 0 aliphatic heterocycles. The molecular formula is C19H18F4N2O3. The predicted molar refractivity (Wildman–Crippen MR) is 91.6 cm³/mol. The van der Waals surface area contributed by atoms with Crippen LogP contribution >= 0.6 is 0 Å². The molecule has 1 aromatic carbocycles. The van der Waals surface area contributed by atoms with E-state index in [1.165, 1.54) is 30.3 Å². The molecule has 1 aromatic heterocycles. The molecule has 0 amide bonds. The highest BCUT2D eigenvalue weighted by molar-refractivity contribution is 5.98. The Kier molecular flexibility index (Phi) is 5.66. The lowest BCUT2D eigenvalue weighted by Crippen LogP contribution is -2.13. The molecule has 0 radical (unpaired) electrons. The number of ether oxygens (including phenoxy) is 1. The first kappa shape index (κ1) is 20.2. The highest BCUT2D eigenvalue weighted by atomic mass is 19.4. The number of halogens is 4. The van der Waals surface area contributed by atoms with Crippen molar-refractivity contribution in [3.63, 3.8) is 0 Å². The number of Topliss-reactive ketones (excluding diaryl/α,β-unsaturated/α-hetero) is 1. The van der Waals surface area contributed by atoms with Gasteiger partial charge < -0.3 is 15.6 Å². The number of aliphatic hydroxyl groups excluding tert-OH is 1. The van der Waals surface area contributed by atoms with Gasteiger partial charge in [-0.25, -0.2) is 9.37 Å². The van der Waals surface area contributed by atoms with Crippen LogP contribution in [0, 0.1) is 5.92 Å². The number of hydrogen-bond acceptors (Lipinski definition) is 5. The molecule has 0 spiro atoms. The Labute approximate surface area is 158 Å². The second-order valence-electron chi connectivity index (χ2n) is 6.65. The van der Waals surface area contributed by atoms with Gasteiger partial charge in [0.2, 0.25) is 5.88 Å². The summed E-state index contributed by atoms with van der Waals surface area (Å²) in [7, 11) is 0. The number of hydrogen-bond donors (Lipinski definition) is 2. The molecule has 2 aromatic rings. The number of pyridine rings is 1. The molecule has 3 rings (SSSR count). The van der Waals surface area contributed by atoms with E-state index in [0.717, 1.165) is 6.07 Å². The van der Waals surface area contributed by atoms with Crippen molar-refractivity contribution in [1.82, 2.24) is 4.98 Å². The van der Waals surface area contributed by atoms with Crippen molar-refractivity contribution >= 4 is 5.78 Å². The van der Waals surface area contributed by atoms with Gasteiger partial charge in [0, 0.05) is 24.1 Å².